The van der Waals surface area contributed by atoms with Gasteiger partial charge in [0.2, 0.25) is 17.6 Å². The average Bonchev–Trinajstić information content (AvgIpc) is 3.28. The van der Waals surface area contributed by atoms with Crippen molar-refractivity contribution in [2.24, 2.45) is 0 Å². The van der Waals surface area contributed by atoms with Gasteiger partial charge in [0.15, 0.2) is 0 Å². The number of nitrogens with zero attached hydrogens (tertiary/aromatic N) is 3. The minimum Gasteiger partial charge on any atom is -0.352 e. The van der Waals surface area contributed by atoms with E-state index < -0.39 is 0 Å². The van der Waals surface area contributed by atoms with E-state index in [1.807, 2.05) is 30.3 Å². The number of hydrogen-bond donors (Lipinski definition) is 1. The molecule has 0 aliphatic carbocycles. The van der Waals surface area contributed by atoms with Crippen molar-refractivity contribution in [3.05, 3.63) is 36.2 Å². The largest absolute Gasteiger partial charge is 0.352 e. The minimum atomic E-state index is 0.0804. The van der Waals surface area contributed by atoms with Crippen LogP contribution < -0.4 is 5.32 Å². The van der Waals surface area contributed by atoms with Gasteiger partial charge in [0.1, 0.15) is 0 Å². The summed E-state index contributed by atoms with van der Waals surface area (Å²) in [7, 11) is 0. The molecule has 0 saturated carbocycles. The molecule has 1 amide bonds. The summed E-state index contributed by atoms with van der Waals surface area (Å²) in [5, 5.41) is 7.21. The lowest BCUT2D eigenvalue weighted by molar-refractivity contribution is -0.122. The van der Waals surface area contributed by atoms with E-state index in [0.29, 0.717) is 36.6 Å². The molecule has 6 nitrogen and oxygen atoms in total. The number of aromatic nitrogens is 2. The quantitative estimate of drug-likeness (QED) is 0.905. The van der Waals surface area contributed by atoms with Crippen LogP contribution in [0.2, 0.25) is 0 Å². The van der Waals surface area contributed by atoms with Crippen LogP contribution in [0.25, 0.3) is 11.4 Å². The predicted octanol–water partition coefficient (Wildman–Crippen LogP) is 2.41. The van der Waals surface area contributed by atoms with E-state index in [4.69, 9.17) is 4.52 Å². The Morgan fingerprint density at radius 1 is 1.20 bits per heavy atom. The van der Waals surface area contributed by atoms with Crippen molar-refractivity contribution >= 4 is 5.91 Å². The molecule has 2 saturated heterocycles. The van der Waals surface area contributed by atoms with Crippen LogP contribution in [0.3, 0.4) is 0 Å². The van der Waals surface area contributed by atoms with Gasteiger partial charge in [0.25, 0.3) is 0 Å². The maximum atomic E-state index is 12.3. The van der Waals surface area contributed by atoms with Gasteiger partial charge in [-0.1, -0.05) is 41.9 Å². The summed E-state index contributed by atoms with van der Waals surface area (Å²) in [4.78, 5) is 19.2. The number of aryl methyl sites for hydroxylation is 1. The molecule has 2 atom stereocenters. The normalized spacial score (nSPS) is 23.4. The summed E-state index contributed by atoms with van der Waals surface area (Å²) in [6.07, 6.45) is 5.70. The third kappa shape index (κ3) is 3.74. The maximum Gasteiger partial charge on any atom is 0.227 e. The highest BCUT2D eigenvalue weighted by Gasteiger charge is 2.36. The number of fused-ring (bicyclic) bond motifs is 1. The number of hydrogen-bond acceptors (Lipinski definition) is 5. The molecule has 6 heteroatoms. The SMILES string of the molecule is O=C(CCc1nc(-c2ccccc2)no1)N[C@@H]1CCN2CCCC[C@H]12. The number of benzene rings is 1. The number of carbonyl (C=O) groups is 1. The van der Waals surface area contributed by atoms with E-state index in [-0.39, 0.29) is 5.91 Å². The second-order valence-corrected chi connectivity index (χ2v) is 6.94. The Morgan fingerprint density at radius 2 is 2.08 bits per heavy atom. The van der Waals surface area contributed by atoms with E-state index in [0.717, 1.165) is 18.5 Å². The lowest BCUT2D eigenvalue weighted by atomic mass is 9.99. The van der Waals surface area contributed by atoms with Gasteiger partial charge in [-0.2, -0.15) is 4.98 Å². The van der Waals surface area contributed by atoms with E-state index in [9.17, 15) is 4.79 Å². The van der Waals surface area contributed by atoms with Crippen LogP contribution in [0.4, 0.5) is 0 Å². The highest BCUT2D eigenvalue weighted by molar-refractivity contribution is 5.76. The van der Waals surface area contributed by atoms with Crippen molar-refractivity contribution in [2.75, 3.05) is 13.1 Å². The van der Waals surface area contributed by atoms with Crippen LogP contribution >= 0.6 is 0 Å². The summed E-state index contributed by atoms with van der Waals surface area (Å²) in [6, 6.07) is 10.5. The first-order valence-corrected chi connectivity index (χ1v) is 9.21. The number of piperidine rings is 1. The second-order valence-electron chi connectivity index (χ2n) is 6.94. The fourth-order valence-corrected chi connectivity index (χ4v) is 3.98. The molecule has 1 aromatic heterocycles. The summed E-state index contributed by atoms with van der Waals surface area (Å²) in [5.74, 6) is 1.17. The van der Waals surface area contributed by atoms with E-state index >= 15 is 0 Å². The first kappa shape index (κ1) is 16.3. The number of rotatable bonds is 5. The number of nitrogens with one attached hydrogen (secondary N) is 1. The molecule has 2 fully saturated rings. The second kappa shape index (κ2) is 7.35. The van der Waals surface area contributed by atoms with Crippen molar-refractivity contribution in [1.82, 2.24) is 20.4 Å². The molecule has 0 radical (unpaired) electrons. The van der Waals surface area contributed by atoms with Gasteiger partial charge < -0.3 is 9.84 Å². The Morgan fingerprint density at radius 3 is 2.96 bits per heavy atom. The zero-order valence-electron chi connectivity index (χ0n) is 14.4. The van der Waals surface area contributed by atoms with Gasteiger partial charge in [0, 0.05) is 37.0 Å². The topological polar surface area (TPSA) is 71.3 Å². The van der Waals surface area contributed by atoms with Gasteiger partial charge >= 0.3 is 0 Å². The predicted molar refractivity (Wildman–Crippen MR) is 93.8 cm³/mol. The summed E-state index contributed by atoms with van der Waals surface area (Å²) >= 11 is 0. The van der Waals surface area contributed by atoms with Gasteiger partial charge in [-0.3, -0.25) is 9.69 Å². The molecule has 4 rings (SSSR count). The Kier molecular flexibility index (Phi) is 4.78. The first-order valence-electron chi connectivity index (χ1n) is 9.21. The van der Waals surface area contributed by atoms with Gasteiger partial charge in [-0.25, -0.2) is 0 Å². The monoisotopic (exact) mass is 340 g/mol. The molecule has 0 spiro atoms. The molecular weight excluding hydrogens is 316 g/mol. The van der Waals surface area contributed by atoms with Crippen LogP contribution in [0, 0.1) is 0 Å². The van der Waals surface area contributed by atoms with E-state index in [1.165, 1.54) is 25.8 Å². The van der Waals surface area contributed by atoms with Crippen molar-refractivity contribution in [3.63, 3.8) is 0 Å². The molecule has 3 heterocycles. The fraction of sp³-hybridized carbons (Fsp3) is 0.526. The summed E-state index contributed by atoms with van der Waals surface area (Å²) in [5.41, 5.74) is 0.922. The highest BCUT2D eigenvalue weighted by atomic mass is 16.5. The van der Waals surface area contributed by atoms with E-state index in [1.54, 1.807) is 0 Å². The molecule has 1 N–H and O–H groups in total. The Bertz CT molecular complexity index is 715. The summed E-state index contributed by atoms with van der Waals surface area (Å²) < 4.78 is 5.28. The lowest BCUT2D eigenvalue weighted by Gasteiger charge is -2.32. The van der Waals surface area contributed by atoms with Crippen molar-refractivity contribution < 1.29 is 9.32 Å². The van der Waals surface area contributed by atoms with Gasteiger partial charge in [-0.15, -0.1) is 0 Å². The fourth-order valence-electron chi connectivity index (χ4n) is 3.98. The molecule has 25 heavy (non-hydrogen) atoms. The van der Waals surface area contributed by atoms with Crippen LogP contribution in [0.5, 0.6) is 0 Å². The van der Waals surface area contributed by atoms with E-state index in [2.05, 4.69) is 20.4 Å². The third-order valence-corrected chi connectivity index (χ3v) is 5.27. The Labute approximate surface area is 147 Å². The van der Waals surface area contributed by atoms with Gasteiger partial charge in [-0.05, 0) is 25.8 Å². The minimum absolute atomic E-state index is 0.0804. The smallest absolute Gasteiger partial charge is 0.227 e. The molecule has 2 aromatic rings. The maximum absolute atomic E-state index is 12.3. The average molecular weight is 340 g/mol. The lowest BCUT2D eigenvalue weighted by Crippen LogP contribution is -2.46. The number of carbonyl (C=O) groups excluding carboxylic acids is 1. The van der Waals surface area contributed by atoms with Crippen molar-refractivity contribution in [1.29, 1.82) is 0 Å². The molecule has 0 bridgehead atoms. The molecule has 132 valence electrons. The van der Waals surface area contributed by atoms with Crippen LogP contribution in [0.1, 0.15) is 38.0 Å². The standard InChI is InChI=1S/C19H24N4O2/c24-17(20-15-11-13-23-12-5-4-8-16(15)23)9-10-18-21-19(22-25-18)14-6-2-1-3-7-14/h1-3,6-7,15-16H,4-5,8-13H2,(H,20,24)/t15-,16-/m1/s1. The van der Waals surface area contributed by atoms with Crippen LogP contribution in [-0.2, 0) is 11.2 Å². The van der Waals surface area contributed by atoms with Crippen LogP contribution in [0.15, 0.2) is 34.9 Å². The van der Waals surface area contributed by atoms with Crippen molar-refractivity contribution in [2.45, 2.75) is 50.6 Å². The molecule has 2 aliphatic rings. The molecule has 2 aliphatic heterocycles. The third-order valence-electron chi connectivity index (χ3n) is 5.27. The Hall–Kier alpha value is -2.21. The summed E-state index contributed by atoms with van der Waals surface area (Å²) in [6.45, 7) is 2.29. The molecule has 0 unspecified atom stereocenters. The zero-order chi connectivity index (χ0) is 17.1. The number of amides is 1. The Balaban J connectivity index is 1.28. The van der Waals surface area contributed by atoms with Crippen LogP contribution in [-0.4, -0.2) is 46.1 Å². The highest BCUT2D eigenvalue weighted by Crippen LogP contribution is 2.27. The molecular formula is C19H24N4O2. The van der Waals surface area contributed by atoms with Crippen molar-refractivity contribution in [3.8, 4) is 11.4 Å². The zero-order valence-corrected chi connectivity index (χ0v) is 14.4. The first-order chi connectivity index (χ1) is 12.3. The molecule has 1 aromatic carbocycles. The van der Waals surface area contributed by atoms with Gasteiger partial charge in [0.05, 0.1) is 0 Å².